The summed E-state index contributed by atoms with van der Waals surface area (Å²) in [5, 5.41) is 8.43. The van der Waals surface area contributed by atoms with E-state index >= 15 is 0 Å². The Balaban J connectivity index is 0.000000190. The molecular formula is C91H88N8O13Y-2. The summed E-state index contributed by atoms with van der Waals surface area (Å²) in [6.07, 6.45) is 0.475. The predicted molar refractivity (Wildman–Crippen MR) is 436 cm³/mol. The van der Waals surface area contributed by atoms with E-state index in [2.05, 4.69) is 16.9 Å². The molecule has 21 nitrogen and oxygen atoms in total. The number of rotatable bonds is 8. The van der Waals surface area contributed by atoms with Crippen LogP contribution in [-0.2, 0) is 57.0 Å². The van der Waals surface area contributed by atoms with E-state index in [0.29, 0.717) is 100 Å². The van der Waals surface area contributed by atoms with Crippen molar-refractivity contribution in [2.24, 2.45) is 22.9 Å². The van der Waals surface area contributed by atoms with Gasteiger partial charge in [-0.25, -0.2) is 9.59 Å². The summed E-state index contributed by atoms with van der Waals surface area (Å²) in [5.41, 5.74) is 31.8. The maximum Gasteiger partial charge on any atom is 0.337 e. The Kier molecular flexibility index (Phi) is 29.5. The molecule has 1 radical (unpaired) electrons. The molecule has 0 spiro atoms. The zero-order chi connectivity index (χ0) is 81.7. The normalized spacial score (nSPS) is 13.5. The van der Waals surface area contributed by atoms with Crippen molar-refractivity contribution >= 4 is 135 Å². The van der Waals surface area contributed by atoms with E-state index in [1.165, 1.54) is 0 Å². The van der Waals surface area contributed by atoms with E-state index in [0.717, 1.165) is 79.6 Å². The molecule has 22 heteroatoms. The van der Waals surface area contributed by atoms with Crippen LogP contribution < -0.4 is 22.9 Å². The fraction of sp³-hybridized carbons (Fsp3) is 0.209. The van der Waals surface area contributed by atoms with Crippen molar-refractivity contribution in [3.05, 3.63) is 283 Å². The van der Waals surface area contributed by atoms with Gasteiger partial charge < -0.3 is 27.7 Å². The molecule has 0 bridgehead atoms. The molecule has 0 saturated carbocycles. The predicted octanol–water partition coefficient (Wildman–Crippen LogP) is 15.9. The van der Waals surface area contributed by atoms with Crippen LogP contribution in [0.1, 0.15) is 236 Å². The molecule has 6 aliphatic rings. The Hall–Kier alpha value is -11.8. The van der Waals surface area contributed by atoms with Gasteiger partial charge in [0.05, 0.1) is 19.8 Å². The largest absolute Gasteiger partial charge is 0.387 e. The summed E-state index contributed by atoms with van der Waals surface area (Å²) in [4.78, 5) is 155. The van der Waals surface area contributed by atoms with E-state index in [-0.39, 0.29) is 77.1 Å². The summed E-state index contributed by atoms with van der Waals surface area (Å²) < 4.78 is 4.61. The van der Waals surface area contributed by atoms with Crippen LogP contribution in [0.3, 0.4) is 0 Å². The zero-order valence-corrected chi connectivity index (χ0v) is 68.1. The minimum absolute atomic E-state index is 0. The SMILES string of the molecule is CC.CC.CC.CC.CC.CC.NCN1C(=O)c2cccc3c(Cc4ccc5c6c(cccc46)C(=O)N(CN)C5=O)ccc(c23)C1=O.NCc1ccc2c3c(cccc13)C(=O)N(CN1C(=O)c3cccc4c(CN)ccc(c34)C1=O)C2=O.O=C1CC(=O)c2cccc3[c-]ccc1c23.O=C1OC(=O)c2cccc3[c-]ccc1c23.[Y]. The molecule has 8 amide bonds. The molecule has 5 aliphatic heterocycles. The molecule has 0 saturated heterocycles. The van der Waals surface area contributed by atoms with Crippen molar-refractivity contribution in [2.75, 3.05) is 20.0 Å². The number of cyclic esters (lactones) is 2. The van der Waals surface area contributed by atoms with Gasteiger partial charge in [-0.2, -0.15) is 0 Å². The molecule has 1 aliphatic carbocycles. The van der Waals surface area contributed by atoms with Gasteiger partial charge in [-0.3, -0.25) is 67.5 Å². The maximum atomic E-state index is 13.4. The summed E-state index contributed by atoms with van der Waals surface area (Å²) in [6.45, 7) is 23.7. The molecule has 12 aromatic carbocycles. The molecule has 12 aromatic rings. The summed E-state index contributed by atoms with van der Waals surface area (Å²) in [5.74, 6) is -5.23. The molecule has 0 fully saturated rings. The van der Waals surface area contributed by atoms with E-state index < -0.39 is 65.9 Å². The van der Waals surface area contributed by atoms with Crippen LogP contribution in [0.2, 0.25) is 0 Å². The third-order valence-electron chi connectivity index (χ3n) is 19.0. The van der Waals surface area contributed by atoms with Gasteiger partial charge in [-0.1, -0.05) is 184 Å². The number of amides is 8. The monoisotopic (exact) mass is 1590 g/mol. The third kappa shape index (κ3) is 15.7. The number of carbonyl (C=O) groups is 12. The van der Waals surface area contributed by atoms with Gasteiger partial charge in [0.15, 0.2) is 11.6 Å². The average Bonchev–Trinajstić information content (AvgIpc) is 0.733. The first-order valence-corrected chi connectivity index (χ1v) is 37.6. The number of carbonyl (C=O) groups excluding carboxylic acids is 12. The second kappa shape index (κ2) is 38.4. The number of benzene rings is 12. The first-order valence-electron chi connectivity index (χ1n) is 37.6. The van der Waals surface area contributed by atoms with Crippen LogP contribution >= 0.6 is 0 Å². The molecule has 0 unspecified atom stereocenters. The number of ketones is 2. The molecule has 0 atom stereocenters. The van der Waals surface area contributed by atoms with Gasteiger partial charge in [-0.05, 0) is 110 Å². The molecule has 5 heterocycles. The van der Waals surface area contributed by atoms with Crippen molar-refractivity contribution in [3.8, 4) is 0 Å². The number of esters is 2. The smallest absolute Gasteiger partial charge is 0.337 e. The fourth-order valence-electron chi connectivity index (χ4n) is 14.3. The fourth-order valence-corrected chi connectivity index (χ4v) is 14.3. The minimum Gasteiger partial charge on any atom is -0.387 e. The number of ether oxygens (including phenoxy) is 1. The number of hydrogen-bond donors (Lipinski definition) is 4. The Morgan fingerprint density at radius 1 is 0.292 bits per heavy atom. The first-order chi connectivity index (χ1) is 54.5. The van der Waals surface area contributed by atoms with Gasteiger partial charge >= 0.3 is 11.9 Å². The Morgan fingerprint density at radius 2 is 0.549 bits per heavy atom. The molecular weight excluding hydrogens is 1500 g/mol. The van der Waals surface area contributed by atoms with E-state index in [9.17, 15) is 57.5 Å². The number of hydrogen-bond acceptors (Lipinski definition) is 17. The molecule has 18 rings (SSSR count). The van der Waals surface area contributed by atoms with Crippen molar-refractivity contribution in [1.29, 1.82) is 0 Å². The molecule has 8 N–H and O–H groups in total. The van der Waals surface area contributed by atoms with Crippen LogP contribution in [-0.4, -0.2) is 110 Å². The van der Waals surface area contributed by atoms with Crippen molar-refractivity contribution in [3.63, 3.8) is 0 Å². The Morgan fingerprint density at radius 3 is 0.885 bits per heavy atom. The van der Waals surface area contributed by atoms with Crippen LogP contribution in [0.25, 0.3) is 64.6 Å². The van der Waals surface area contributed by atoms with Gasteiger partial charge in [0.25, 0.3) is 47.3 Å². The molecule has 575 valence electrons. The van der Waals surface area contributed by atoms with E-state index in [1.54, 1.807) is 127 Å². The number of Topliss-reactive ketones (excluding diaryl/α,β-unsaturated/α-hetero) is 2. The molecule has 0 aromatic heterocycles. The van der Waals surface area contributed by atoms with Crippen LogP contribution in [0, 0.1) is 12.1 Å². The van der Waals surface area contributed by atoms with Gasteiger partial charge in [0.2, 0.25) is 0 Å². The van der Waals surface area contributed by atoms with Gasteiger partial charge in [0.1, 0.15) is 6.67 Å². The minimum atomic E-state index is -0.585. The quantitative estimate of drug-likeness (QED) is 0.0475. The first kappa shape index (κ1) is 86.8. The second-order valence-electron chi connectivity index (χ2n) is 24.2. The molecule has 113 heavy (non-hydrogen) atoms. The van der Waals surface area contributed by atoms with Crippen LogP contribution in [0.5, 0.6) is 0 Å². The van der Waals surface area contributed by atoms with E-state index in [4.69, 9.17) is 22.9 Å². The average molecular weight is 1590 g/mol. The van der Waals surface area contributed by atoms with E-state index in [1.807, 2.05) is 138 Å². The summed E-state index contributed by atoms with van der Waals surface area (Å²) >= 11 is 0. The zero-order valence-electron chi connectivity index (χ0n) is 65.3. The van der Waals surface area contributed by atoms with Gasteiger partial charge in [0, 0.05) is 117 Å². The van der Waals surface area contributed by atoms with Crippen molar-refractivity contribution < 1.29 is 95.0 Å². The topological polar surface area (TPSA) is 331 Å². The van der Waals surface area contributed by atoms with Gasteiger partial charge in [-0.15, -0.1) is 71.4 Å². The van der Waals surface area contributed by atoms with Crippen LogP contribution in [0.4, 0.5) is 0 Å². The Bertz CT molecular complexity index is 5300. The van der Waals surface area contributed by atoms with Crippen molar-refractivity contribution in [1.82, 2.24) is 19.6 Å². The number of nitrogens with two attached hydrogens (primary N) is 4. The number of imide groups is 4. The standard InChI is InChI=1S/2C27H20N4O4.C13H7O2.C12H5O3.6C2H6.Y/c28-11-14-7-9-20-22-16(14)3-1-5-18(22)24(32)30(26(20)34)13-31-25(33)19-6-2-4-17-15(12-29)8-10-21(23(17)19)27(31)35;28-12-30-24(32)18-5-1-3-16-14(7-9-20(22(16)18)26(30)34)11-15-8-10-21-23-17(15)4-2-6-19(23)25(33)31(13-29)27(21)35;14-11-7-12(15)10-6-2-4-8-3-1-5-9(11)13(8)10;13-11-8-5-1-3-7-4-2-6-9(10(7)8)12(14)15-11;6*1-2;/h2*1-10H,11-13,28-29H2;1-3,5-6H,7H2;1-3,5-6H;6*1-2H3;/q;;2*-1;;;;;;;. The third-order valence-corrected chi connectivity index (χ3v) is 19.0. The number of nitrogens with zero attached hydrogens (tertiary/aromatic N) is 4. The summed E-state index contributed by atoms with van der Waals surface area (Å²) in [6, 6.07) is 58.6. The summed E-state index contributed by atoms with van der Waals surface area (Å²) in [7, 11) is 0. The second-order valence-corrected chi connectivity index (χ2v) is 24.2. The van der Waals surface area contributed by atoms with Crippen LogP contribution in [0.15, 0.2) is 182 Å². The maximum absolute atomic E-state index is 13.4. The van der Waals surface area contributed by atoms with Crippen molar-refractivity contribution in [2.45, 2.75) is 109 Å². The Labute approximate surface area is 680 Å².